The fraction of sp³-hybridized carbons (Fsp3) is 0.691. The second-order valence-corrected chi connectivity index (χ2v) is 20.2. The van der Waals surface area contributed by atoms with Crippen molar-refractivity contribution in [3.63, 3.8) is 0 Å². The van der Waals surface area contributed by atoms with Crippen molar-refractivity contribution in [2.75, 3.05) is 13.2 Å². The Morgan fingerprint density at radius 1 is 0.284 bits per heavy atom. The molecule has 422 valence electrons. The Morgan fingerprint density at radius 2 is 0.527 bits per heavy atom. The maximum Gasteiger partial charge on any atom is 0.306 e. The molecule has 74 heavy (non-hydrogen) atoms. The van der Waals surface area contributed by atoms with Gasteiger partial charge in [0.25, 0.3) is 0 Å². The fourth-order valence-corrected chi connectivity index (χ4v) is 8.39. The van der Waals surface area contributed by atoms with Gasteiger partial charge in [0.15, 0.2) is 6.10 Å². The Morgan fingerprint density at radius 3 is 0.851 bits per heavy atom. The molecule has 1 atom stereocenters. The first-order chi connectivity index (χ1) is 36.5. The summed E-state index contributed by atoms with van der Waals surface area (Å²) in [5, 5.41) is 0. The fourth-order valence-electron chi connectivity index (χ4n) is 8.39. The van der Waals surface area contributed by atoms with E-state index in [1.807, 2.05) is 0 Å². The molecular formula is C68H114O6. The molecule has 1 unspecified atom stereocenters. The third-order valence-electron chi connectivity index (χ3n) is 13.0. The van der Waals surface area contributed by atoms with Gasteiger partial charge < -0.3 is 14.2 Å². The van der Waals surface area contributed by atoms with E-state index in [1.165, 1.54) is 116 Å². The average molecular weight is 1030 g/mol. The summed E-state index contributed by atoms with van der Waals surface area (Å²) in [6.45, 7) is 6.48. The molecule has 0 bridgehead atoms. The van der Waals surface area contributed by atoms with Gasteiger partial charge in [0.1, 0.15) is 13.2 Å². The Balaban J connectivity index is 4.33. The van der Waals surface area contributed by atoms with Gasteiger partial charge >= 0.3 is 17.9 Å². The maximum atomic E-state index is 12.9. The first-order valence-corrected chi connectivity index (χ1v) is 30.9. The highest BCUT2D eigenvalue weighted by molar-refractivity contribution is 5.71. The van der Waals surface area contributed by atoms with E-state index in [1.54, 1.807) is 0 Å². The third kappa shape index (κ3) is 59.0. The maximum absolute atomic E-state index is 12.9. The molecule has 0 aliphatic rings. The molecule has 0 aromatic heterocycles. The van der Waals surface area contributed by atoms with Crippen molar-refractivity contribution in [3.8, 4) is 0 Å². The Bertz CT molecular complexity index is 1510. The van der Waals surface area contributed by atoms with Crippen molar-refractivity contribution in [3.05, 3.63) is 109 Å². The van der Waals surface area contributed by atoms with E-state index in [0.717, 1.165) is 128 Å². The van der Waals surface area contributed by atoms with E-state index < -0.39 is 6.10 Å². The molecule has 0 radical (unpaired) electrons. The lowest BCUT2D eigenvalue weighted by molar-refractivity contribution is -0.167. The monoisotopic (exact) mass is 1030 g/mol. The van der Waals surface area contributed by atoms with Crippen LogP contribution in [0.5, 0.6) is 0 Å². The van der Waals surface area contributed by atoms with Gasteiger partial charge in [0.2, 0.25) is 0 Å². The highest BCUT2D eigenvalue weighted by Crippen LogP contribution is 2.15. The van der Waals surface area contributed by atoms with Gasteiger partial charge in [-0.3, -0.25) is 14.4 Å². The summed E-state index contributed by atoms with van der Waals surface area (Å²) < 4.78 is 16.9. The van der Waals surface area contributed by atoms with E-state index in [4.69, 9.17) is 14.2 Å². The summed E-state index contributed by atoms with van der Waals surface area (Å²) in [4.78, 5) is 38.2. The molecule has 0 saturated heterocycles. The SMILES string of the molecule is CC/C=C\C/C=C\C/C=C\C/C=C\C/C=C\C/C=C\C/C=C\CCCCCCCC(=O)OCC(COC(=O)CCCCCCCCCCCC)OC(=O)CCCCCCCCCCC/C=C\C/C=C\CCCCC. The second-order valence-electron chi connectivity index (χ2n) is 20.2. The van der Waals surface area contributed by atoms with E-state index in [0.29, 0.717) is 19.3 Å². The topological polar surface area (TPSA) is 78.9 Å². The second kappa shape index (κ2) is 61.6. The molecule has 0 aliphatic heterocycles. The highest BCUT2D eigenvalue weighted by atomic mass is 16.6. The Kier molecular flexibility index (Phi) is 58.3. The van der Waals surface area contributed by atoms with Crippen LogP contribution in [0.4, 0.5) is 0 Å². The van der Waals surface area contributed by atoms with Crippen LogP contribution in [0.1, 0.15) is 284 Å². The van der Waals surface area contributed by atoms with E-state index >= 15 is 0 Å². The summed E-state index contributed by atoms with van der Waals surface area (Å²) in [5.74, 6) is -0.906. The van der Waals surface area contributed by atoms with Crippen LogP contribution in [0.2, 0.25) is 0 Å². The van der Waals surface area contributed by atoms with Crippen LogP contribution in [0.3, 0.4) is 0 Å². The van der Waals surface area contributed by atoms with Gasteiger partial charge in [0, 0.05) is 19.3 Å². The zero-order chi connectivity index (χ0) is 53.6. The average Bonchev–Trinajstić information content (AvgIpc) is 3.40. The minimum atomic E-state index is -0.789. The number of hydrogen-bond acceptors (Lipinski definition) is 6. The van der Waals surface area contributed by atoms with Crippen molar-refractivity contribution in [1.29, 1.82) is 0 Å². The first kappa shape index (κ1) is 70.1. The van der Waals surface area contributed by atoms with Crippen LogP contribution >= 0.6 is 0 Å². The summed E-state index contributed by atoms with van der Waals surface area (Å²) in [6.07, 6.45) is 83.7. The van der Waals surface area contributed by atoms with Crippen LogP contribution in [-0.4, -0.2) is 37.2 Å². The molecule has 6 nitrogen and oxygen atoms in total. The predicted molar refractivity (Wildman–Crippen MR) is 320 cm³/mol. The number of carbonyl (C=O) groups excluding carboxylic acids is 3. The molecule has 0 aliphatic carbocycles. The standard InChI is InChI=1S/C68H114O6/c1-4-7-10-13-16-19-22-24-26-28-30-31-32-33-34-35-36-37-39-40-42-44-46-49-52-55-58-61-67(70)73-64-65(63-72-66(69)60-57-54-51-48-21-18-15-12-9-6-3)74-68(71)62-59-56-53-50-47-45-43-41-38-29-27-25-23-20-17-14-11-8-5-2/h7,10,16-17,19-20,24-27,30-31,33-34,36-37,40,42,65H,4-6,8-9,11-15,18,21-23,28-29,32,35,38-39,41,43-64H2,1-3H3/b10-7-,19-16-,20-17-,26-24-,27-25-,31-30-,34-33-,37-36-,42-40-. The summed E-state index contributed by atoms with van der Waals surface area (Å²) in [6, 6.07) is 0. The Labute approximate surface area is 457 Å². The van der Waals surface area contributed by atoms with Crippen molar-refractivity contribution in [1.82, 2.24) is 0 Å². The minimum absolute atomic E-state index is 0.0850. The third-order valence-corrected chi connectivity index (χ3v) is 13.0. The molecule has 0 amide bonds. The highest BCUT2D eigenvalue weighted by Gasteiger charge is 2.19. The molecule has 0 fully saturated rings. The van der Waals surface area contributed by atoms with Crippen LogP contribution in [-0.2, 0) is 28.6 Å². The van der Waals surface area contributed by atoms with Crippen LogP contribution in [0, 0.1) is 0 Å². The number of hydrogen-bond donors (Lipinski definition) is 0. The Hall–Kier alpha value is -3.93. The zero-order valence-electron chi connectivity index (χ0n) is 48.3. The lowest BCUT2D eigenvalue weighted by Crippen LogP contribution is -2.30. The van der Waals surface area contributed by atoms with Gasteiger partial charge in [-0.1, -0.05) is 265 Å². The van der Waals surface area contributed by atoms with Crippen LogP contribution in [0.15, 0.2) is 109 Å². The molecule has 0 aromatic rings. The minimum Gasteiger partial charge on any atom is -0.462 e. The molecule has 0 aromatic carbocycles. The van der Waals surface area contributed by atoms with Crippen LogP contribution in [0.25, 0.3) is 0 Å². The smallest absolute Gasteiger partial charge is 0.306 e. The molecular weight excluding hydrogens is 913 g/mol. The van der Waals surface area contributed by atoms with Crippen LogP contribution < -0.4 is 0 Å². The van der Waals surface area contributed by atoms with E-state index in [9.17, 15) is 14.4 Å². The summed E-state index contributed by atoms with van der Waals surface area (Å²) in [5.41, 5.74) is 0. The van der Waals surface area contributed by atoms with Gasteiger partial charge in [-0.2, -0.15) is 0 Å². The predicted octanol–water partition coefficient (Wildman–Crippen LogP) is 21.0. The molecule has 6 heteroatoms. The van der Waals surface area contributed by atoms with Gasteiger partial charge in [-0.25, -0.2) is 0 Å². The van der Waals surface area contributed by atoms with E-state index in [-0.39, 0.29) is 31.1 Å². The number of allylic oxidation sites excluding steroid dienone is 18. The largest absolute Gasteiger partial charge is 0.462 e. The lowest BCUT2D eigenvalue weighted by Gasteiger charge is -2.18. The molecule has 0 heterocycles. The quantitative estimate of drug-likeness (QED) is 0.0261. The normalized spacial score (nSPS) is 12.9. The zero-order valence-corrected chi connectivity index (χ0v) is 48.3. The van der Waals surface area contributed by atoms with Crippen molar-refractivity contribution >= 4 is 17.9 Å². The van der Waals surface area contributed by atoms with Crippen molar-refractivity contribution in [2.24, 2.45) is 0 Å². The number of ether oxygens (including phenoxy) is 3. The molecule has 0 saturated carbocycles. The summed E-state index contributed by atoms with van der Waals surface area (Å²) >= 11 is 0. The number of carbonyl (C=O) groups is 3. The molecule has 0 spiro atoms. The van der Waals surface area contributed by atoms with Gasteiger partial charge in [0.05, 0.1) is 0 Å². The molecule has 0 rings (SSSR count). The number of esters is 3. The van der Waals surface area contributed by atoms with Gasteiger partial charge in [-0.15, -0.1) is 0 Å². The number of unbranched alkanes of at least 4 members (excludes halogenated alkanes) is 26. The first-order valence-electron chi connectivity index (χ1n) is 30.9. The lowest BCUT2D eigenvalue weighted by atomic mass is 10.1. The van der Waals surface area contributed by atoms with Crippen molar-refractivity contribution < 1.29 is 28.6 Å². The van der Waals surface area contributed by atoms with Crippen molar-refractivity contribution in [2.45, 2.75) is 290 Å². The molecule has 0 N–H and O–H groups in total. The number of rotatable bonds is 55. The van der Waals surface area contributed by atoms with E-state index in [2.05, 4.69) is 130 Å². The van der Waals surface area contributed by atoms with Gasteiger partial charge in [-0.05, 0) is 109 Å². The summed E-state index contributed by atoms with van der Waals surface area (Å²) in [7, 11) is 0.